The van der Waals surface area contributed by atoms with Gasteiger partial charge in [-0.1, -0.05) is 53.7 Å². The number of carbonyl (C=O) groups excluding carboxylic acids is 1. The summed E-state index contributed by atoms with van der Waals surface area (Å²) in [4.78, 5) is 12.7. The molecule has 4 rings (SSSR count). The van der Waals surface area contributed by atoms with Crippen LogP contribution in [0.5, 0.6) is 5.75 Å². The molecule has 6 nitrogen and oxygen atoms in total. The maximum atomic E-state index is 12.7. The highest BCUT2D eigenvalue weighted by atomic mass is 35.5. The molecule has 0 aliphatic heterocycles. The van der Waals surface area contributed by atoms with E-state index in [0.717, 1.165) is 22.2 Å². The van der Waals surface area contributed by atoms with E-state index < -0.39 is 0 Å². The topological polar surface area (TPSA) is 69.0 Å². The summed E-state index contributed by atoms with van der Waals surface area (Å²) in [5.41, 5.74) is 4.93. The fraction of sp³-hybridized carbons (Fsp3) is 0.192. The molecule has 0 fully saturated rings. The molecular weight excluding hydrogens is 468 g/mol. The third-order valence-electron chi connectivity index (χ3n) is 5.49. The van der Waals surface area contributed by atoms with Crippen molar-refractivity contribution in [2.75, 3.05) is 7.11 Å². The Labute approximate surface area is 208 Å². The normalized spacial score (nSPS) is 10.8. The number of rotatable bonds is 8. The standard InChI is InChI=1S/C26H25ClN4O2S/c1-17-6-4-5-7-20(17)16-34-26-30-29-24(31(26)23-14-21(27)11-8-18(23)2)15-28-25(32)19-9-12-22(33-3)13-10-19/h4-14H,15-16H2,1-3H3,(H,28,32). The van der Waals surface area contributed by atoms with Crippen molar-refractivity contribution in [1.29, 1.82) is 0 Å². The molecule has 4 aromatic rings. The molecule has 0 saturated carbocycles. The molecule has 8 heteroatoms. The minimum atomic E-state index is -0.200. The van der Waals surface area contributed by atoms with Crippen molar-refractivity contribution in [3.63, 3.8) is 0 Å². The van der Waals surface area contributed by atoms with Gasteiger partial charge in [-0.25, -0.2) is 0 Å². The van der Waals surface area contributed by atoms with Gasteiger partial charge < -0.3 is 10.1 Å². The molecule has 1 aromatic heterocycles. The molecule has 0 saturated heterocycles. The molecule has 0 radical (unpaired) electrons. The van der Waals surface area contributed by atoms with Crippen molar-refractivity contribution in [2.24, 2.45) is 0 Å². The Hall–Kier alpha value is -3.29. The first-order valence-corrected chi connectivity index (χ1v) is 12.1. The van der Waals surface area contributed by atoms with Crippen molar-refractivity contribution in [2.45, 2.75) is 31.3 Å². The highest BCUT2D eigenvalue weighted by Gasteiger charge is 2.18. The van der Waals surface area contributed by atoms with Crippen LogP contribution < -0.4 is 10.1 Å². The molecule has 0 aliphatic rings. The second-order valence-electron chi connectivity index (χ2n) is 7.79. The summed E-state index contributed by atoms with van der Waals surface area (Å²) >= 11 is 7.92. The van der Waals surface area contributed by atoms with E-state index in [9.17, 15) is 4.79 Å². The summed E-state index contributed by atoms with van der Waals surface area (Å²) in [7, 11) is 1.59. The van der Waals surface area contributed by atoms with Crippen molar-refractivity contribution >= 4 is 29.3 Å². The lowest BCUT2D eigenvalue weighted by atomic mass is 10.1. The number of carbonyl (C=O) groups is 1. The lowest BCUT2D eigenvalue weighted by molar-refractivity contribution is 0.0949. The van der Waals surface area contributed by atoms with Gasteiger partial charge in [0.25, 0.3) is 5.91 Å². The highest BCUT2D eigenvalue weighted by Crippen LogP contribution is 2.29. The van der Waals surface area contributed by atoms with Crippen LogP contribution >= 0.6 is 23.4 Å². The minimum Gasteiger partial charge on any atom is -0.497 e. The monoisotopic (exact) mass is 492 g/mol. The Morgan fingerprint density at radius 3 is 2.53 bits per heavy atom. The van der Waals surface area contributed by atoms with Crippen LogP contribution in [0, 0.1) is 13.8 Å². The number of hydrogen-bond donors (Lipinski definition) is 1. The Morgan fingerprint density at radius 2 is 1.79 bits per heavy atom. The molecule has 1 amide bonds. The fourth-order valence-electron chi connectivity index (χ4n) is 3.49. The quantitative estimate of drug-likeness (QED) is 0.316. The summed E-state index contributed by atoms with van der Waals surface area (Å²) < 4.78 is 7.13. The van der Waals surface area contributed by atoms with E-state index in [2.05, 4.69) is 34.6 Å². The summed E-state index contributed by atoms with van der Waals surface area (Å²) in [6, 6.07) is 21.0. The van der Waals surface area contributed by atoms with E-state index in [1.165, 1.54) is 11.1 Å². The number of halogens is 1. The second-order valence-corrected chi connectivity index (χ2v) is 9.17. The molecule has 34 heavy (non-hydrogen) atoms. The first-order valence-electron chi connectivity index (χ1n) is 10.8. The summed E-state index contributed by atoms with van der Waals surface area (Å²) in [6.07, 6.45) is 0. The maximum absolute atomic E-state index is 12.7. The molecule has 0 unspecified atom stereocenters. The van der Waals surface area contributed by atoms with Crippen LogP contribution in [0.25, 0.3) is 5.69 Å². The van der Waals surface area contributed by atoms with Gasteiger partial charge in [-0.3, -0.25) is 9.36 Å². The molecule has 0 atom stereocenters. The largest absolute Gasteiger partial charge is 0.497 e. The Bertz CT molecular complexity index is 1300. The predicted molar refractivity (Wildman–Crippen MR) is 136 cm³/mol. The van der Waals surface area contributed by atoms with Crippen LogP contribution in [0.4, 0.5) is 0 Å². The Kier molecular flexibility index (Phi) is 7.55. The van der Waals surface area contributed by atoms with Crippen LogP contribution in [-0.2, 0) is 12.3 Å². The van der Waals surface area contributed by atoms with Gasteiger partial charge in [0.15, 0.2) is 11.0 Å². The highest BCUT2D eigenvalue weighted by molar-refractivity contribution is 7.98. The average molecular weight is 493 g/mol. The van der Waals surface area contributed by atoms with Crippen LogP contribution in [0.15, 0.2) is 71.9 Å². The number of ether oxygens (including phenoxy) is 1. The number of amides is 1. The Balaban J connectivity index is 1.60. The fourth-order valence-corrected chi connectivity index (χ4v) is 4.70. The van der Waals surface area contributed by atoms with E-state index in [1.54, 1.807) is 43.1 Å². The van der Waals surface area contributed by atoms with Crippen LogP contribution in [0.3, 0.4) is 0 Å². The number of methoxy groups -OCH3 is 1. The maximum Gasteiger partial charge on any atom is 0.251 e. The van der Waals surface area contributed by atoms with Crippen molar-refractivity contribution < 1.29 is 9.53 Å². The molecule has 1 N–H and O–H groups in total. The summed E-state index contributed by atoms with van der Waals surface area (Å²) in [5, 5.41) is 13.2. The van der Waals surface area contributed by atoms with Crippen molar-refractivity contribution in [3.8, 4) is 11.4 Å². The number of nitrogens with zero attached hydrogens (tertiary/aromatic N) is 3. The number of aromatic nitrogens is 3. The molecule has 174 valence electrons. The van der Waals surface area contributed by atoms with Gasteiger partial charge in [0.1, 0.15) is 5.75 Å². The van der Waals surface area contributed by atoms with E-state index in [0.29, 0.717) is 22.2 Å². The van der Waals surface area contributed by atoms with Crippen LogP contribution in [0.1, 0.15) is 32.9 Å². The summed E-state index contributed by atoms with van der Waals surface area (Å²) in [5.74, 6) is 1.87. The van der Waals surface area contributed by atoms with E-state index in [-0.39, 0.29) is 12.5 Å². The van der Waals surface area contributed by atoms with Gasteiger partial charge >= 0.3 is 0 Å². The second kappa shape index (κ2) is 10.8. The van der Waals surface area contributed by atoms with Gasteiger partial charge in [-0.05, 0) is 66.9 Å². The first kappa shape index (κ1) is 23.9. The van der Waals surface area contributed by atoms with E-state index >= 15 is 0 Å². The third-order valence-corrected chi connectivity index (χ3v) is 6.70. The first-order chi connectivity index (χ1) is 16.5. The molecule has 0 spiro atoms. The zero-order valence-corrected chi connectivity index (χ0v) is 20.8. The number of hydrogen-bond acceptors (Lipinski definition) is 5. The predicted octanol–water partition coefficient (Wildman–Crippen LogP) is 5.77. The van der Waals surface area contributed by atoms with Gasteiger partial charge in [0.05, 0.1) is 19.3 Å². The third kappa shape index (κ3) is 5.43. The van der Waals surface area contributed by atoms with E-state index in [4.69, 9.17) is 16.3 Å². The zero-order chi connectivity index (χ0) is 24.1. The van der Waals surface area contributed by atoms with Gasteiger partial charge in [0.2, 0.25) is 0 Å². The number of nitrogens with one attached hydrogen (secondary N) is 1. The SMILES string of the molecule is COc1ccc(C(=O)NCc2nnc(SCc3ccccc3C)n2-c2cc(Cl)ccc2C)cc1. The number of benzene rings is 3. The van der Waals surface area contributed by atoms with Crippen LogP contribution in [-0.4, -0.2) is 27.8 Å². The van der Waals surface area contributed by atoms with Gasteiger partial charge in [-0.15, -0.1) is 10.2 Å². The zero-order valence-electron chi connectivity index (χ0n) is 19.2. The Morgan fingerprint density at radius 1 is 1.03 bits per heavy atom. The molecule has 1 heterocycles. The molecule has 0 aliphatic carbocycles. The lowest BCUT2D eigenvalue weighted by Gasteiger charge is -2.14. The van der Waals surface area contributed by atoms with Gasteiger partial charge in [-0.2, -0.15) is 0 Å². The van der Waals surface area contributed by atoms with E-state index in [1.807, 2.05) is 41.8 Å². The van der Waals surface area contributed by atoms with Crippen molar-refractivity contribution in [1.82, 2.24) is 20.1 Å². The number of aryl methyl sites for hydroxylation is 2. The summed E-state index contributed by atoms with van der Waals surface area (Å²) in [6.45, 7) is 4.33. The molecule has 0 bridgehead atoms. The number of thioether (sulfide) groups is 1. The van der Waals surface area contributed by atoms with Crippen molar-refractivity contribution in [3.05, 3.63) is 99.8 Å². The smallest absolute Gasteiger partial charge is 0.251 e. The molecular formula is C26H25ClN4O2S. The lowest BCUT2D eigenvalue weighted by Crippen LogP contribution is -2.24. The average Bonchev–Trinajstić information content (AvgIpc) is 3.26. The minimum absolute atomic E-state index is 0.200. The van der Waals surface area contributed by atoms with Gasteiger partial charge in [0, 0.05) is 16.3 Å². The molecule has 3 aromatic carbocycles. The van der Waals surface area contributed by atoms with Crippen LogP contribution in [0.2, 0.25) is 5.02 Å².